The molecular weight excluding hydrogens is 228 g/mol. The van der Waals surface area contributed by atoms with Gasteiger partial charge in [-0.25, -0.2) is 0 Å². The molecular formula is C13H22N4O. The molecule has 1 aromatic heterocycles. The van der Waals surface area contributed by atoms with Crippen LogP contribution in [0.25, 0.3) is 0 Å². The standard InChI is InChI=1S/C13H22N4O/c1-3-18-13-11(14)6-7-12(16-13)15-10-5-4-8-17(2)9-10/h6-7,10H,3-5,8-9,14H2,1-2H3,(H,15,16). The number of rotatable bonds is 4. The Morgan fingerprint density at radius 1 is 1.56 bits per heavy atom. The lowest BCUT2D eigenvalue weighted by Crippen LogP contribution is -2.39. The van der Waals surface area contributed by atoms with E-state index in [-0.39, 0.29) is 0 Å². The molecule has 2 heterocycles. The van der Waals surface area contributed by atoms with Crippen LogP contribution in [0.2, 0.25) is 0 Å². The zero-order valence-corrected chi connectivity index (χ0v) is 11.1. The lowest BCUT2D eigenvalue weighted by Gasteiger charge is -2.30. The first kappa shape index (κ1) is 13.0. The second kappa shape index (κ2) is 5.91. The van der Waals surface area contributed by atoms with Gasteiger partial charge in [-0.2, -0.15) is 4.98 Å². The van der Waals surface area contributed by atoms with Gasteiger partial charge in [0.25, 0.3) is 0 Å². The summed E-state index contributed by atoms with van der Waals surface area (Å²) in [6, 6.07) is 4.20. The Morgan fingerprint density at radius 2 is 2.39 bits per heavy atom. The fourth-order valence-electron chi connectivity index (χ4n) is 2.28. The lowest BCUT2D eigenvalue weighted by atomic mass is 10.1. The number of hydrogen-bond acceptors (Lipinski definition) is 5. The molecule has 1 saturated heterocycles. The van der Waals surface area contributed by atoms with Gasteiger partial charge >= 0.3 is 0 Å². The Kier molecular flexibility index (Phi) is 4.25. The molecule has 0 saturated carbocycles. The van der Waals surface area contributed by atoms with E-state index in [0.29, 0.717) is 24.2 Å². The molecule has 0 radical (unpaired) electrons. The van der Waals surface area contributed by atoms with E-state index in [0.717, 1.165) is 12.4 Å². The van der Waals surface area contributed by atoms with Crippen molar-refractivity contribution in [3.63, 3.8) is 0 Å². The molecule has 5 heteroatoms. The van der Waals surface area contributed by atoms with Gasteiger partial charge in [0.15, 0.2) is 0 Å². The zero-order chi connectivity index (χ0) is 13.0. The van der Waals surface area contributed by atoms with Crippen LogP contribution in [0, 0.1) is 0 Å². The SMILES string of the molecule is CCOc1nc(NC2CCCN(C)C2)ccc1N. The average Bonchev–Trinajstić information content (AvgIpc) is 2.34. The zero-order valence-electron chi connectivity index (χ0n) is 11.1. The van der Waals surface area contributed by atoms with Crippen molar-refractivity contribution in [2.45, 2.75) is 25.8 Å². The number of pyridine rings is 1. The van der Waals surface area contributed by atoms with Crippen LogP contribution in [0.3, 0.4) is 0 Å². The van der Waals surface area contributed by atoms with Gasteiger partial charge in [0.1, 0.15) is 5.82 Å². The molecule has 1 unspecified atom stereocenters. The topological polar surface area (TPSA) is 63.4 Å². The van der Waals surface area contributed by atoms with Crippen molar-refractivity contribution < 1.29 is 4.74 Å². The number of nitrogens with two attached hydrogens (primary N) is 1. The Hall–Kier alpha value is -1.49. The van der Waals surface area contributed by atoms with E-state index in [1.807, 2.05) is 19.1 Å². The number of nitrogens with one attached hydrogen (secondary N) is 1. The molecule has 1 aliphatic heterocycles. The summed E-state index contributed by atoms with van der Waals surface area (Å²) in [6.07, 6.45) is 2.40. The monoisotopic (exact) mass is 250 g/mol. The smallest absolute Gasteiger partial charge is 0.239 e. The molecule has 5 nitrogen and oxygen atoms in total. The molecule has 1 aliphatic rings. The Bertz CT molecular complexity index is 397. The minimum Gasteiger partial charge on any atom is -0.476 e. The summed E-state index contributed by atoms with van der Waals surface area (Å²) in [5, 5.41) is 3.45. The van der Waals surface area contributed by atoms with E-state index < -0.39 is 0 Å². The van der Waals surface area contributed by atoms with Crippen molar-refractivity contribution in [2.75, 3.05) is 37.8 Å². The lowest BCUT2D eigenvalue weighted by molar-refractivity contribution is 0.260. The van der Waals surface area contributed by atoms with Crippen LogP contribution in [0.5, 0.6) is 5.88 Å². The van der Waals surface area contributed by atoms with Crippen molar-refractivity contribution >= 4 is 11.5 Å². The molecule has 18 heavy (non-hydrogen) atoms. The molecule has 0 amide bonds. The number of likely N-dealkylation sites (tertiary alicyclic amines) is 1. The maximum atomic E-state index is 5.81. The summed E-state index contributed by atoms with van der Waals surface area (Å²) in [7, 11) is 2.15. The van der Waals surface area contributed by atoms with Crippen LogP contribution >= 0.6 is 0 Å². The first-order valence-corrected chi connectivity index (χ1v) is 6.53. The summed E-state index contributed by atoms with van der Waals surface area (Å²) in [5.41, 5.74) is 6.39. The van der Waals surface area contributed by atoms with E-state index in [4.69, 9.17) is 10.5 Å². The summed E-state index contributed by atoms with van der Waals surface area (Å²) in [6.45, 7) is 4.73. The molecule has 0 bridgehead atoms. The molecule has 2 rings (SSSR count). The first-order chi connectivity index (χ1) is 8.69. The van der Waals surface area contributed by atoms with Crippen molar-refractivity contribution in [3.8, 4) is 5.88 Å². The largest absolute Gasteiger partial charge is 0.476 e. The second-order valence-corrected chi connectivity index (χ2v) is 4.77. The van der Waals surface area contributed by atoms with Gasteiger partial charge in [-0.15, -0.1) is 0 Å². The number of ether oxygens (including phenoxy) is 1. The van der Waals surface area contributed by atoms with Crippen molar-refractivity contribution in [1.29, 1.82) is 0 Å². The van der Waals surface area contributed by atoms with Gasteiger partial charge < -0.3 is 20.7 Å². The number of piperidine rings is 1. The summed E-state index contributed by atoms with van der Waals surface area (Å²) < 4.78 is 5.40. The third-order valence-corrected chi connectivity index (χ3v) is 3.15. The molecule has 1 fully saturated rings. The summed E-state index contributed by atoms with van der Waals surface area (Å²) >= 11 is 0. The highest BCUT2D eigenvalue weighted by molar-refractivity contribution is 5.53. The fraction of sp³-hybridized carbons (Fsp3) is 0.615. The van der Waals surface area contributed by atoms with E-state index in [2.05, 4.69) is 22.2 Å². The first-order valence-electron chi connectivity index (χ1n) is 6.53. The molecule has 100 valence electrons. The van der Waals surface area contributed by atoms with Crippen LogP contribution in [-0.2, 0) is 0 Å². The van der Waals surface area contributed by atoms with E-state index in [9.17, 15) is 0 Å². The maximum absolute atomic E-state index is 5.81. The predicted molar refractivity (Wildman–Crippen MR) is 74.0 cm³/mol. The fourth-order valence-corrected chi connectivity index (χ4v) is 2.28. The maximum Gasteiger partial charge on any atom is 0.239 e. The quantitative estimate of drug-likeness (QED) is 0.849. The number of nitrogen functional groups attached to an aromatic ring is 1. The Labute approximate surface area is 108 Å². The van der Waals surface area contributed by atoms with Crippen LogP contribution in [0.15, 0.2) is 12.1 Å². The van der Waals surface area contributed by atoms with E-state index in [1.54, 1.807) is 0 Å². The van der Waals surface area contributed by atoms with Crippen molar-refractivity contribution in [2.24, 2.45) is 0 Å². The third kappa shape index (κ3) is 3.26. The van der Waals surface area contributed by atoms with Crippen LogP contribution in [-0.4, -0.2) is 42.7 Å². The third-order valence-electron chi connectivity index (χ3n) is 3.15. The summed E-state index contributed by atoms with van der Waals surface area (Å²) in [5.74, 6) is 1.36. The van der Waals surface area contributed by atoms with Crippen LogP contribution in [0.4, 0.5) is 11.5 Å². The molecule has 0 aliphatic carbocycles. The molecule has 0 spiro atoms. The number of anilines is 2. The minimum atomic E-state index is 0.453. The average molecular weight is 250 g/mol. The van der Waals surface area contributed by atoms with Gasteiger partial charge in [0, 0.05) is 12.6 Å². The van der Waals surface area contributed by atoms with E-state index in [1.165, 1.54) is 19.4 Å². The van der Waals surface area contributed by atoms with Gasteiger partial charge in [-0.1, -0.05) is 0 Å². The molecule has 0 aromatic carbocycles. The number of aromatic nitrogens is 1. The second-order valence-electron chi connectivity index (χ2n) is 4.77. The summed E-state index contributed by atoms with van der Waals surface area (Å²) in [4.78, 5) is 6.74. The normalized spacial score (nSPS) is 20.7. The van der Waals surface area contributed by atoms with Gasteiger partial charge in [0.05, 0.1) is 12.3 Å². The van der Waals surface area contributed by atoms with Crippen LogP contribution in [0.1, 0.15) is 19.8 Å². The number of nitrogens with zero attached hydrogens (tertiary/aromatic N) is 2. The Balaban J connectivity index is 2.02. The minimum absolute atomic E-state index is 0.453. The highest BCUT2D eigenvalue weighted by Gasteiger charge is 2.17. The predicted octanol–water partition coefficient (Wildman–Crippen LogP) is 1.57. The molecule has 3 N–H and O–H groups in total. The Morgan fingerprint density at radius 3 is 3.11 bits per heavy atom. The van der Waals surface area contributed by atoms with E-state index >= 15 is 0 Å². The number of likely N-dealkylation sites (N-methyl/N-ethyl adjacent to an activating group) is 1. The van der Waals surface area contributed by atoms with Crippen molar-refractivity contribution in [3.05, 3.63) is 12.1 Å². The van der Waals surface area contributed by atoms with Gasteiger partial charge in [0.2, 0.25) is 5.88 Å². The highest BCUT2D eigenvalue weighted by atomic mass is 16.5. The highest BCUT2D eigenvalue weighted by Crippen LogP contribution is 2.22. The number of hydrogen-bond donors (Lipinski definition) is 2. The van der Waals surface area contributed by atoms with Crippen LogP contribution < -0.4 is 15.8 Å². The molecule has 1 atom stereocenters. The van der Waals surface area contributed by atoms with Gasteiger partial charge in [-0.3, -0.25) is 0 Å². The van der Waals surface area contributed by atoms with Gasteiger partial charge in [-0.05, 0) is 45.5 Å². The molecule has 1 aromatic rings. The van der Waals surface area contributed by atoms with Crippen molar-refractivity contribution in [1.82, 2.24) is 9.88 Å².